The zero-order chi connectivity index (χ0) is 23.1. The van der Waals surface area contributed by atoms with Crippen molar-refractivity contribution < 1.29 is 23.2 Å². The first-order valence-corrected chi connectivity index (χ1v) is 11.2. The summed E-state index contributed by atoms with van der Waals surface area (Å²) < 4.78 is 27.1. The molecule has 4 rings (SSSR count). The first-order valence-electron chi connectivity index (χ1n) is 9.81. The Balaban J connectivity index is 1.88. The number of hydrogen-bond acceptors (Lipinski definition) is 8. The van der Waals surface area contributed by atoms with Gasteiger partial charge in [-0.1, -0.05) is 18.2 Å². The Morgan fingerprint density at radius 1 is 1.22 bits per heavy atom. The number of aliphatic carboxylic acids is 1. The minimum absolute atomic E-state index is 0.0319. The van der Waals surface area contributed by atoms with Crippen LogP contribution in [0.3, 0.4) is 0 Å². The van der Waals surface area contributed by atoms with Crippen molar-refractivity contribution in [1.82, 2.24) is 13.9 Å². The second-order valence-corrected chi connectivity index (χ2v) is 9.57. The maximum atomic E-state index is 13.1. The molecule has 0 bridgehead atoms. The Hall–Kier alpha value is -3.51. The normalized spacial score (nSPS) is 16.7. The van der Waals surface area contributed by atoms with Crippen LogP contribution >= 0.6 is 0 Å². The molecule has 168 valence electrons. The van der Waals surface area contributed by atoms with Crippen LogP contribution in [0, 0.1) is 10.1 Å². The van der Waals surface area contributed by atoms with Crippen LogP contribution in [-0.2, 0) is 14.8 Å². The number of likely N-dealkylation sites (tertiary alicyclic amines) is 1. The van der Waals surface area contributed by atoms with Crippen LogP contribution in [0.5, 0.6) is 0 Å². The minimum Gasteiger partial charge on any atom is -0.480 e. The largest absolute Gasteiger partial charge is 0.480 e. The van der Waals surface area contributed by atoms with Crippen LogP contribution in [0.15, 0.2) is 53.7 Å². The SMILES string of the molecule is CN1CCC(Nc2c([N+](=O)[O-])cnc3c2ccn3S(=O)(=O)c2ccccc2)(C(=O)O)CC1. The molecule has 0 saturated carbocycles. The van der Waals surface area contributed by atoms with E-state index < -0.39 is 32.1 Å². The summed E-state index contributed by atoms with van der Waals surface area (Å²) in [5.74, 6) is -1.12. The van der Waals surface area contributed by atoms with E-state index in [1.807, 2.05) is 11.9 Å². The lowest BCUT2D eigenvalue weighted by molar-refractivity contribution is -0.384. The highest BCUT2D eigenvalue weighted by Gasteiger charge is 2.43. The lowest BCUT2D eigenvalue weighted by Gasteiger charge is -2.38. The summed E-state index contributed by atoms with van der Waals surface area (Å²) in [5, 5.41) is 24.7. The molecule has 1 aromatic carbocycles. The number of anilines is 1. The number of fused-ring (bicyclic) bond motifs is 1. The van der Waals surface area contributed by atoms with Crippen molar-refractivity contribution in [3.05, 3.63) is 58.9 Å². The molecule has 32 heavy (non-hydrogen) atoms. The number of carboxylic acid groups (broad SMARTS) is 1. The van der Waals surface area contributed by atoms with Crippen LogP contribution in [0.1, 0.15) is 12.8 Å². The molecule has 1 aliphatic heterocycles. The van der Waals surface area contributed by atoms with Gasteiger partial charge in [-0.25, -0.2) is 22.2 Å². The molecular weight excluding hydrogens is 438 g/mol. The Kier molecular flexibility index (Phi) is 5.34. The summed E-state index contributed by atoms with van der Waals surface area (Å²) in [6.45, 7) is 0.982. The molecular formula is C20H21N5O6S. The van der Waals surface area contributed by atoms with Crippen LogP contribution in [0.4, 0.5) is 11.4 Å². The van der Waals surface area contributed by atoms with Crippen LogP contribution in [0.25, 0.3) is 11.0 Å². The molecule has 1 fully saturated rings. The molecule has 12 heteroatoms. The Labute approximate surface area is 183 Å². The fraction of sp³-hybridized carbons (Fsp3) is 0.300. The van der Waals surface area contributed by atoms with Crippen LogP contribution in [-0.4, -0.2) is 63.9 Å². The van der Waals surface area contributed by atoms with E-state index in [-0.39, 0.29) is 34.5 Å². The van der Waals surface area contributed by atoms with Gasteiger partial charge in [0.15, 0.2) is 5.65 Å². The standard InChI is InChI=1S/C20H21N5O6S/c1-23-11-8-20(9-12-23,19(26)27)22-17-15-7-10-24(18(15)21-13-16(17)25(28)29)32(30,31)14-5-3-2-4-6-14/h2-7,10,13H,8-9,11-12H2,1H3,(H,21,22)(H,26,27). The number of pyridine rings is 1. The number of aromatic nitrogens is 2. The molecule has 0 aliphatic carbocycles. The number of nitrogens with zero attached hydrogens (tertiary/aromatic N) is 4. The average molecular weight is 459 g/mol. The van der Waals surface area contributed by atoms with Gasteiger partial charge in [-0.15, -0.1) is 0 Å². The van der Waals surface area contributed by atoms with Gasteiger partial charge in [-0.3, -0.25) is 10.1 Å². The molecule has 0 atom stereocenters. The molecule has 2 aromatic heterocycles. The average Bonchev–Trinajstić information content (AvgIpc) is 3.21. The van der Waals surface area contributed by atoms with E-state index in [1.54, 1.807) is 18.2 Å². The summed E-state index contributed by atoms with van der Waals surface area (Å²) >= 11 is 0. The number of benzene rings is 1. The van der Waals surface area contributed by atoms with Crippen molar-refractivity contribution in [2.45, 2.75) is 23.3 Å². The lowest BCUT2D eigenvalue weighted by Crippen LogP contribution is -2.53. The lowest BCUT2D eigenvalue weighted by atomic mass is 9.87. The number of nitrogens with one attached hydrogen (secondary N) is 1. The third-order valence-electron chi connectivity index (χ3n) is 5.77. The third-order valence-corrected chi connectivity index (χ3v) is 7.45. The van der Waals surface area contributed by atoms with Crippen molar-refractivity contribution in [2.75, 3.05) is 25.5 Å². The van der Waals surface area contributed by atoms with Crippen molar-refractivity contribution in [3.63, 3.8) is 0 Å². The summed E-state index contributed by atoms with van der Waals surface area (Å²) in [5.41, 5.74) is -1.94. The molecule has 1 aliphatic rings. The van der Waals surface area contributed by atoms with E-state index in [0.29, 0.717) is 13.1 Å². The molecule has 3 heterocycles. The predicted octanol–water partition coefficient (Wildman–Crippen LogP) is 2.14. The third kappa shape index (κ3) is 3.56. The van der Waals surface area contributed by atoms with Crippen molar-refractivity contribution in [1.29, 1.82) is 0 Å². The topological polar surface area (TPSA) is 148 Å². The molecule has 0 spiro atoms. The predicted molar refractivity (Wildman–Crippen MR) is 116 cm³/mol. The smallest absolute Gasteiger partial charge is 0.329 e. The highest BCUT2D eigenvalue weighted by Crippen LogP contribution is 2.37. The molecule has 0 amide bonds. The Morgan fingerprint density at radius 2 is 1.88 bits per heavy atom. The fourth-order valence-electron chi connectivity index (χ4n) is 3.85. The first kappa shape index (κ1) is 21.7. The first-order chi connectivity index (χ1) is 15.2. The van der Waals surface area contributed by atoms with E-state index in [4.69, 9.17) is 0 Å². The molecule has 11 nitrogen and oxygen atoms in total. The van der Waals surface area contributed by atoms with Gasteiger partial charge in [-0.05, 0) is 38.1 Å². The van der Waals surface area contributed by atoms with Gasteiger partial charge in [0, 0.05) is 19.3 Å². The quantitative estimate of drug-likeness (QED) is 0.418. The summed E-state index contributed by atoms with van der Waals surface area (Å²) in [6, 6.07) is 9.11. The van der Waals surface area contributed by atoms with Gasteiger partial charge in [-0.2, -0.15) is 0 Å². The summed E-state index contributed by atoms with van der Waals surface area (Å²) in [7, 11) is -2.14. The molecule has 0 unspecified atom stereocenters. The van der Waals surface area contributed by atoms with Gasteiger partial charge in [0.05, 0.1) is 15.2 Å². The number of carboxylic acids is 1. The molecule has 0 radical (unpaired) electrons. The number of carbonyl (C=O) groups is 1. The van der Waals surface area contributed by atoms with E-state index >= 15 is 0 Å². The van der Waals surface area contributed by atoms with Crippen molar-refractivity contribution in [3.8, 4) is 0 Å². The highest BCUT2D eigenvalue weighted by atomic mass is 32.2. The van der Waals surface area contributed by atoms with Gasteiger partial charge in [0.1, 0.15) is 17.4 Å². The highest BCUT2D eigenvalue weighted by molar-refractivity contribution is 7.90. The number of piperidine rings is 1. The van der Waals surface area contributed by atoms with Crippen molar-refractivity contribution >= 4 is 38.4 Å². The number of hydrogen-bond donors (Lipinski definition) is 2. The van der Waals surface area contributed by atoms with E-state index in [0.717, 1.165) is 10.2 Å². The maximum Gasteiger partial charge on any atom is 0.329 e. The van der Waals surface area contributed by atoms with Crippen LogP contribution in [0.2, 0.25) is 0 Å². The summed E-state index contributed by atoms with van der Waals surface area (Å²) in [4.78, 5) is 29.3. The van der Waals surface area contributed by atoms with Gasteiger partial charge in [0.25, 0.3) is 10.0 Å². The zero-order valence-corrected chi connectivity index (χ0v) is 17.9. The van der Waals surface area contributed by atoms with Gasteiger partial charge < -0.3 is 15.3 Å². The maximum absolute atomic E-state index is 13.1. The fourth-order valence-corrected chi connectivity index (χ4v) is 5.18. The van der Waals surface area contributed by atoms with Crippen LogP contribution < -0.4 is 5.32 Å². The van der Waals surface area contributed by atoms with Gasteiger partial charge in [0.2, 0.25) is 0 Å². The Morgan fingerprint density at radius 3 is 2.47 bits per heavy atom. The van der Waals surface area contributed by atoms with E-state index in [9.17, 15) is 28.4 Å². The van der Waals surface area contributed by atoms with E-state index in [1.165, 1.54) is 24.4 Å². The molecule has 1 saturated heterocycles. The minimum atomic E-state index is -4.01. The second-order valence-electron chi connectivity index (χ2n) is 7.76. The Bertz CT molecular complexity index is 1300. The number of rotatable bonds is 6. The van der Waals surface area contributed by atoms with E-state index in [2.05, 4.69) is 10.3 Å². The summed E-state index contributed by atoms with van der Waals surface area (Å²) in [6.07, 6.45) is 2.66. The second kappa shape index (κ2) is 7.88. The zero-order valence-electron chi connectivity index (χ0n) is 17.1. The molecule has 3 aromatic rings. The molecule has 2 N–H and O–H groups in total. The monoisotopic (exact) mass is 459 g/mol. The number of nitro groups is 1. The van der Waals surface area contributed by atoms with Crippen molar-refractivity contribution in [2.24, 2.45) is 0 Å². The van der Waals surface area contributed by atoms with Gasteiger partial charge >= 0.3 is 11.7 Å².